The highest BCUT2D eigenvalue weighted by Gasteiger charge is 2.09. The highest BCUT2D eigenvalue weighted by molar-refractivity contribution is 5.75. The van der Waals surface area contributed by atoms with Gasteiger partial charge in [-0.3, -0.25) is 4.79 Å². The third-order valence-electron chi connectivity index (χ3n) is 3.22. The average molecular weight is 240 g/mol. The summed E-state index contributed by atoms with van der Waals surface area (Å²) in [6, 6.07) is 14.0. The summed E-state index contributed by atoms with van der Waals surface area (Å²) in [4.78, 5) is 10.8. The zero-order chi connectivity index (χ0) is 13.1. The lowest BCUT2D eigenvalue weighted by molar-refractivity contribution is -0.136. The van der Waals surface area contributed by atoms with Gasteiger partial charge in [-0.25, -0.2) is 0 Å². The summed E-state index contributed by atoms with van der Waals surface area (Å²) in [6.07, 6.45) is 0.0750. The van der Waals surface area contributed by atoms with Crippen LogP contribution in [-0.2, 0) is 11.2 Å². The Morgan fingerprint density at radius 3 is 2.33 bits per heavy atom. The van der Waals surface area contributed by atoms with E-state index in [9.17, 15) is 4.79 Å². The van der Waals surface area contributed by atoms with E-state index in [1.807, 2.05) is 37.3 Å². The Bertz CT molecular complexity index is 585. The van der Waals surface area contributed by atoms with Crippen molar-refractivity contribution >= 4 is 5.97 Å². The van der Waals surface area contributed by atoms with Crippen molar-refractivity contribution in [3.63, 3.8) is 0 Å². The summed E-state index contributed by atoms with van der Waals surface area (Å²) in [6.45, 7) is 4.05. The van der Waals surface area contributed by atoms with Crippen LogP contribution >= 0.6 is 0 Å². The van der Waals surface area contributed by atoms with E-state index in [0.717, 1.165) is 16.7 Å². The van der Waals surface area contributed by atoms with Crippen molar-refractivity contribution in [2.24, 2.45) is 0 Å². The molecule has 0 saturated carbocycles. The van der Waals surface area contributed by atoms with Gasteiger partial charge in [0, 0.05) is 0 Å². The monoisotopic (exact) mass is 240 g/mol. The van der Waals surface area contributed by atoms with Crippen LogP contribution in [0.25, 0.3) is 11.1 Å². The Morgan fingerprint density at radius 1 is 1.00 bits per heavy atom. The van der Waals surface area contributed by atoms with E-state index in [2.05, 4.69) is 19.1 Å². The minimum absolute atomic E-state index is 0.0750. The molecule has 0 aliphatic heterocycles. The number of hydrogen-bond acceptors (Lipinski definition) is 1. The van der Waals surface area contributed by atoms with Crippen molar-refractivity contribution in [2.45, 2.75) is 20.3 Å². The minimum Gasteiger partial charge on any atom is -0.481 e. The van der Waals surface area contributed by atoms with Crippen molar-refractivity contribution in [2.75, 3.05) is 0 Å². The van der Waals surface area contributed by atoms with E-state index in [4.69, 9.17) is 5.11 Å². The molecule has 0 aromatic heterocycles. The summed E-state index contributed by atoms with van der Waals surface area (Å²) in [7, 11) is 0. The Hall–Kier alpha value is -2.09. The highest BCUT2D eigenvalue weighted by atomic mass is 16.4. The Kier molecular flexibility index (Phi) is 3.47. The predicted octanol–water partition coefficient (Wildman–Crippen LogP) is 3.60. The molecule has 2 aromatic carbocycles. The van der Waals surface area contributed by atoms with Crippen LogP contribution in [0.15, 0.2) is 42.5 Å². The van der Waals surface area contributed by atoms with Gasteiger partial charge in [0.15, 0.2) is 0 Å². The van der Waals surface area contributed by atoms with E-state index in [-0.39, 0.29) is 6.42 Å². The van der Waals surface area contributed by atoms with Crippen molar-refractivity contribution in [1.82, 2.24) is 0 Å². The summed E-state index contributed by atoms with van der Waals surface area (Å²) in [5.41, 5.74) is 5.42. The van der Waals surface area contributed by atoms with Gasteiger partial charge in [-0.15, -0.1) is 0 Å². The normalized spacial score (nSPS) is 10.3. The summed E-state index contributed by atoms with van der Waals surface area (Å²) in [5, 5.41) is 8.91. The Morgan fingerprint density at radius 2 is 1.67 bits per heavy atom. The lowest BCUT2D eigenvalue weighted by Crippen LogP contribution is -2.02. The first-order valence-corrected chi connectivity index (χ1v) is 5.96. The Labute approximate surface area is 107 Å². The average Bonchev–Trinajstić information content (AvgIpc) is 2.32. The Balaban J connectivity index is 2.53. The van der Waals surface area contributed by atoms with Gasteiger partial charge < -0.3 is 5.11 Å². The molecule has 0 heterocycles. The molecule has 0 saturated heterocycles. The van der Waals surface area contributed by atoms with Gasteiger partial charge in [0.05, 0.1) is 6.42 Å². The molecule has 2 rings (SSSR count). The quantitative estimate of drug-likeness (QED) is 0.890. The molecule has 2 aromatic rings. The SMILES string of the molecule is Cc1ccccc1-c1cccc(CC(=O)O)c1C. The maximum absolute atomic E-state index is 10.8. The largest absolute Gasteiger partial charge is 0.481 e. The molecular weight excluding hydrogens is 224 g/mol. The molecule has 1 N–H and O–H groups in total. The summed E-state index contributed by atoms with van der Waals surface area (Å²) in [5.74, 6) is -0.792. The van der Waals surface area contributed by atoms with Gasteiger partial charge in [0.25, 0.3) is 0 Å². The number of aryl methyl sites for hydroxylation is 1. The predicted molar refractivity (Wildman–Crippen MR) is 72.7 cm³/mol. The van der Waals surface area contributed by atoms with Crippen LogP contribution in [0.3, 0.4) is 0 Å². The van der Waals surface area contributed by atoms with Crippen molar-refractivity contribution in [3.8, 4) is 11.1 Å². The van der Waals surface area contributed by atoms with Gasteiger partial charge >= 0.3 is 5.97 Å². The number of carboxylic acids is 1. The van der Waals surface area contributed by atoms with Crippen LogP contribution < -0.4 is 0 Å². The molecule has 0 fully saturated rings. The second kappa shape index (κ2) is 5.05. The number of carboxylic acid groups (broad SMARTS) is 1. The van der Waals surface area contributed by atoms with Gasteiger partial charge in [-0.2, -0.15) is 0 Å². The first kappa shape index (κ1) is 12.4. The fraction of sp³-hybridized carbons (Fsp3) is 0.188. The first-order valence-electron chi connectivity index (χ1n) is 5.96. The molecular formula is C16H16O2. The second-order valence-electron chi connectivity index (χ2n) is 4.48. The van der Waals surface area contributed by atoms with Gasteiger partial charge in [-0.1, -0.05) is 42.5 Å². The zero-order valence-corrected chi connectivity index (χ0v) is 10.6. The van der Waals surface area contributed by atoms with Gasteiger partial charge in [0.1, 0.15) is 0 Å². The molecule has 2 heteroatoms. The van der Waals surface area contributed by atoms with Crippen molar-refractivity contribution in [3.05, 3.63) is 59.2 Å². The van der Waals surface area contributed by atoms with E-state index in [1.54, 1.807) is 0 Å². The van der Waals surface area contributed by atoms with Crippen molar-refractivity contribution < 1.29 is 9.90 Å². The molecule has 18 heavy (non-hydrogen) atoms. The smallest absolute Gasteiger partial charge is 0.307 e. The molecule has 92 valence electrons. The molecule has 0 radical (unpaired) electrons. The number of aliphatic carboxylic acids is 1. The van der Waals surface area contributed by atoms with E-state index >= 15 is 0 Å². The molecule has 0 aliphatic rings. The molecule has 2 nitrogen and oxygen atoms in total. The lowest BCUT2D eigenvalue weighted by Gasteiger charge is -2.12. The number of carbonyl (C=O) groups is 1. The molecule has 0 unspecified atom stereocenters. The van der Waals surface area contributed by atoms with Crippen LogP contribution in [0.5, 0.6) is 0 Å². The topological polar surface area (TPSA) is 37.3 Å². The van der Waals surface area contributed by atoms with Crippen molar-refractivity contribution in [1.29, 1.82) is 0 Å². The number of rotatable bonds is 3. The third-order valence-corrected chi connectivity index (χ3v) is 3.22. The highest BCUT2D eigenvalue weighted by Crippen LogP contribution is 2.28. The fourth-order valence-corrected chi connectivity index (χ4v) is 2.20. The van der Waals surface area contributed by atoms with Crippen LogP contribution in [0.1, 0.15) is 16.7 Å². The molecule has 0 spiro atoms. The number of hydrogen-bond donors (Lipinski definition) is 1. The standard InChI is InChI=1S/C16H16O2/c1-11-6-3-4-8-14(11)15-9-5-7-13(12(15)2)10-16(17)18/h3-9H,10H2,1-2H3,(H,17,18). The third kappa shape index (κ3) is 2.43. The van der Waals surface area contributed by atoms with Crippen LogP contribution in [0.4, 0.5) is 0 Å². The van der Waals surface area contributed by atoms with Gasteiger partial charge in [-0.05, 0) is 41.7 Å². The minimum atomic E-state index is -0.792. The van der Waals surface area contributed by atoms with Crippen LogP contribution in [-0.4, -0.2) is 11.1 Å². The van der Waals surface area contributed by atoms with E-state index < -0.39 is 5.97 Å². The molecule has 0 bridgehead atoms. The van der Waals surface area contributed by atoms with E-state index in [0.29, 0.717) is 0 Å². The maximum atomic E-state index is 10.8. The molecule has 0 atom stereocenters. The summed E-state index contributed by atoms with van der Waals surface area (Å²) < 4.78 is 0. The van der Waals surface area contributed by atoms with Crippen LogP contribution in [0.2, 0.25) is 0 Å². The molecule has 0 aliphatic carbocycles. The van der Waals surface area contributed by atoms with Gasteiger partial charge in [0.2, 0.25) is 0 Å². The zero-order valence-electron chi connectivity index (χ0n) is 10.6. The first-order chi connectivity index (χ1) is 8.59. The molecule has 0 amide bonds. The van der Waals surface area contributed by atoms with E-state index in [1.165, 1.54) is 11.1 Å². The number of benzene rings is 2. The fourth-order valence-electron chi connectivity index (χ4n) is 2.20. The second-order valence-corrected chi connectivity index (χ2v) is 4.48. The summed E-state index contributed by atoms with van der Waals surface area (Å²) >= 11 is 0. The maximum Gasteiger partial charge on any atom is 0.307 e. The van der Waals surface area contributed by atoms with Crippen LogP contribution in [0, 0.1) is 13.8 Å². The lowest BCUT2D eigenvalue weighted by atomic mass is 9.93.